The Hall–Kier alpha value is -2.44. The van der Waals surface area contributed by atoms with E-state index in [2.05, 4.69) is 10.3 Å². The number of nitrogens with zero attached hydrogens (tertiary/aromatic N) is 4. The van der Waals surface area contributed by atoms with Gasteiger partial charge in [0.25, 0.3) is 5.69 Å². The van der Waals surface area contributed by atoms with Crippen molar-refractivity contribution in [2.75, 3.05) is 7.11 Å². The summed E-state index contributed by atoms with van der Waals surface area (Å²) >= 11 is 0. The Kier molecular flexibility index (Phi) is 2.50. The van der Waals surface area contributed by atoms with Crippen molar-refractivity contribution in [2.24, 2.45) is 0 Å². The van der Waals surface area contributed by atoms with Gasteiger partial charge in [0.2, 0.25) is 0 Å². The molecule has 0 radical (unpaired) electrons. The summed E-state index contributed by atoms with van der Waals surface area (Å²) in [5.41, 5.74) is 0.575. The topological polar surface area (TPSA) is 83.1 Å². The summed E-state index contributed by atoms with van der Waals surface area (Å²) in [5, 5.41) is 18.0. The summed E-state index contributed by atoms with van der Waals surface area (Å²) in [6, 6.07) is 4.29. The highest BCUT2D eigenvalue weighted by molar-refractivity contribution is 5.52. The number of non-ortho nitro benzene ring substituents is 1. The maximum Gasteiger partial charge on any atom is 0.273 e. The summed E-state index contributed by atoms with van der Waals surface area (Å²) < 4.78 is 6.54. The molecule has 0 saturated carbocycles. The first kappa shape index (κ1) is 10.1. The average molecular weight is 220 g/mol. The molecule has 1 aromatic carbocycles. The number of aromatic nitrogens is 3. The molecule has 7 heteroatoms. The van der Waals surface area contributed by atoms with E-state index in [1.165, 1.54) is 30.1 Å². The second-order valence-corrected chi connectivity index (χ2v) is 2.96. The molecule has 1 heterocycles. The highest BCUT2D eigenvalue weighted by atomic mass is 16.6. The van der Waals surface area contributed by atoms with E-state index in [-0.39, 0.29) is 5.69 Å². The van der Waals surface area contributed by atoms with Crippen LogP contribution in [0.2, 0.25) is 0 Å². The molecular formula is C9H8N4O3. The van der Waals surface area contributed by atoms with Crippen molar-refractivity contribution < 1.29 is 9.66 Å². The average Bonchev–Trinajstić information content (AvgIpc) is 2.81. The van der Waals surface area contributed by atoms with Crippen molar-refractivity contribution in [1.29, 1.82) is 0 Å². The minimum atomic E-state index is -0.479. The van der Waals surface area contributed by atoms with Gasteiger partial charge in [-0.3, -0.25) is 10.1 Å². The van der Waals surface area contributed by atoms with Gasteiger partial charge >= 0.3 is 0 Å². The fourth-order valence-corrected chi connectivity index (χ4v) is 1.31. The molecule has 7 nitrogen and oxygen atoms in total. The lowest BCUT2D eigenvalue weighted by atomic mass is 10.2. The largest absolute Gasteiger partial charge is 0.494 e. The third-order valence-electron chi connectivity index (χ3n) is 2.04. The molecule has 0 aliphatic carbocycles. The molecular weight excluding hydrogens is 212 g/mol. The summed E-state index contributed by atoms with van der Waals surface area (Å²) in [6.07, 6.45) is 3.14. The molecule has 0 unspecified atom stereocenters. The quantitative estimate of drug-likeness (QED) is 0.573. The summed E-state index contributed by atoms with van der Waals surface area (Å²) in [5.74, 6) is 0.375. The standard InChI is InChI=1S/C9H8N4O3/c1-16-9-6-7(13(14)15)2-3-8(9)12-5-4-10-11-12/h2-6H,1H3. The molecule has 0 aliphatic heterocycles. The van der Waals surface area contributed by atoms with Gasteiger partial charge < -0.3 is 4.74 Å². The predicted octanol–water partition coefficient (Wildman–Crippen LogP) is 1.18. The molecule has 2 aromatic rings. The number of hydrogen-bond donors (Lipinski definition) is 0. The van der Waals surface area contributed by atoms with Crippen LogP contribution in [0.5, 0.6) is 5.75 Å². The number of nitro groups is 1. The van der Waals surface area contributed by atoms with E-state index in [0.717, 1.165) is 0 Å². The van der Waals surface area contributed by atoms with Gasteiger partial charge in [0.1, 0.15) is 5.69 Å². The van der Waals surface area contributed by atoms with Crippen LogP contribution in [0.1, 0.15) is 0 Å². The zero-order chi connectivity index (χ0) is 11.5. The molecule has 1 aromatic heterocycles. The number of rotatable bonds is 3. The Morgan fingerprint density at radius 3 is 2.88 bits per heavy atom. The Morgan fingerprint density at radius 2 is 2.31 bits per heavy atom. The van der Waals surface area contributed by atoms with Crippen LogP contribution in [-0.2, 0) is 0 Å². The molecule has 0 saturated heterocycles. The van der Waals surface area contributed by atoms with E-state index in [0.29, 0.717) is 11.4 Å². The SMILES string of the molecule is COc1cc([N+](=O)[O-])ccc1-n1ccnn1. The van der Waals surface area contributed by atoms with Crippen LogP contribution in [0.15, 0.2) is 30.6 Å². The third-order valence-corrected chi connectivity index (χ3v) is 2.04. The number of methoxy groups -OCH3 is 1. The van der Waals surface area contributed by atoms with Gasteiger partial charge in [0, 0.05) is 6.07 Å². The van der Waals surface area contributed by atoms with Gasteiger partial charge in [-0.1, -0.05) is 5.21 Å². The first-order valence-electron chi connectivity index (χ1n) is 4.41. The van der Waals surface area contributed by atoms with E-state index >= 15 is 0 Å². The molecule has 0 spiro atoms. The maximum absolute atomic E-state index is 10.6. The number of ether oxygens (including phenoxy) is 1. The molecule has 0 bridgehead atoms. The maximum atomic E-state index is 10.6. The van der Waals surface area contributed by atoms with E-state index in [1.54, 1.807) is 12.3 Å². The van der Waals surface area contributed by atoms with E-state index in [4.69, 9.17) is 4.74 Å². The fourth-order valence-electron chi connectivity index (χ4n) is 1.31. The zero-order valence-corrected chi connectivity index (χ0v) is 8.40. The Balaban J connectivity index is 2.51. The lowest BCUT2D eigenvalue weighted by molar-refractivity contribution is -0.384. The normalized spacial score (nSPS) is 10.1. The fraction of sp³-hybridized carbons (Fsp3) is 0.111. The van der Waals surface area contributed by atoms with Crippen molar-refractivity contribution >= 4 is 5.69 Å². The van der Waals surface area contributed by atoms with E-state index in [9.17, 15) is 10.1 Å². The van der Waals surface area contributed by atoms with Crippen molar-refractivity contribution in [3.05, 3.63) is 40.7 Å². The summed E-state index contributed by atoms with van der Waals surface area (Å²) in [7, 11) is 1.44. The van der Waals surface area contributed by atoms with Crippen LogP contribution in [0.4, 0.5) is 5.69 Å². The van der Waals surface area contributed by atoms with Gasteiger partial charge in [-0.15, -0.1) is 5.10 Å². The molecule has 16 heavy (non-hydrogen) atoms. The summed E-state index contributed by atoms with van der Waals surface area (Å²) in [4.78, 5) is 10.1. The van der Waals surface area contributed by atoms with Crippen LogP contribution in [0, 0.1) is 10.1 Å². The molecule has 2 rings (SSSR count). The third kappa shape index (κ3) is 1.70. The van der Waals surface area contributed by atoms with Crippen molar-refractivity contribution in [3.63, 3.8) is 0 Å². The van der Waals surface area contributed by atoms with E-state index < -0.39 is 4.92 Å². The molecule has 0 aliphatic rings. The lowest BCUT2D eigenvalue weighted by Gasteiger charge is -2.06. The zero-order valence-electron chi connectivity index (χ0n) is 8.40. The Labute approximate surface area is 90.4 Å². The van der Waals surface area contributed by atoms with Crippen LogP contribution in [0.25, 0.3) is 5.69 Å². The van der Waals surface area contributed by atoms with Gasteiger partial charge in [0.15, 0.2) is 5.75 Å². The Morgan fingerprint density at radius 1 is 1.50 bits per heavy atom. The van der Waals surface area contributed by atoms with Gasteiger partial charge in [-0.25, -0.2) is 4.68 Å². The highest BCUT2D eigenvalue weighted by Crippen LogP contribution is 2.26. The highest BCUT2D eigenvalue weighted by Gasteiger charge is 2.12. The van der Waals surface area contributed by atoms with Gasteiger partial charge in [0.05, 0.1) is 30.5 Å². The molecule has 0 fully saturated rings. The summed E-state index contributed by atoms with van der Waals surface area (Å²) in [6.45, 7) is 0. The first-order chi connectivity index (χ1) is 7.72. The van der Waals surface area contributed by atoms with Crippen LogP contribution >= 0.6 is 0 Å². The molecule has 82 valence electrons. The van der Waals surface area contributed by atoms with Gasteiger partial charge in [-0.2, -0.15) is 0 Å². The second kappa shape index (κ2) is 3.97. The minimum Gasteiger partial charge on any atom is -0.494 e. The number of nitro benzene ring substituents is 1. The van der Waals surface area contributed by atoms with Crippen LogP contribution in [0.3, 0.4) is 0 Å². The van der Waals surface area contributed by atoms with Gasteiger partial charge in [-0.05, 0) is 6.07 Å². The monoisotopic (exact) mass is 220 g/mol. The van der Waals surface area contributed by atoms with Crippen molar-refractivity contribution in [2.45, 2.75) is 0 Å². The van der Waals surface area contributed by atoms with Crippen LogP contribution < -0.4 is 4.74 Å². The van der Waals surface area contributed by atoms with E-state index in [1.807, 2.05) is 0 Å². The lowest BCUT2D eigenvalue weighted by Crippen LogP contribution is -2.00. The minimum absolute atomic E-state index is 0.0271. The molecule has 0 atom stereocenters. The van der Waals surface area contributed by atoms with Crippen LogP contribution in [-0.4, -0.2) is 27.0 Å². The first-order valence-corrected chi connectivity index (χ1v) is 4.41. The van der Waals surface area contributed by atoms with Crippen molar-refractivity contribution in [1.82, 2.24) is 15.0 Å². The smallest absolute Gasteiger partial charge is 0.273 e. The number of hydrogen-bond acceptors (Lipinski definition) is 5. The predicted molar refractivity (Wildman–Crippen MR) is 54.6 cm³/mol. The molecule has 0 N–H and O–H groups in total. The number of benzene rings is 1. The Bertz CT molecular complexity index is 509. The van der Waals surface area contributed by atoms with Crippen molar-refractivity contribution in [3.8, 4) is 11.4 Å². The second-order valence-electron chi connectivity index (χ2n) is 2.96. The molecule has 0 amide bonds.